The topological polar surface area (TPSA) is 401 Å². The zero-order valence-corrected chi connectivity index (χ0v) is 51.8. The summed E-state index contributed by atoms with van der Waals surface area (Å²) in [5, 5.41) is 46.6. The Labute approximate surface area is 499 Å². The van der Waals surface area contributed by atoms with Crippen LogP contribution in [0.2, 0.25) is 0 Å². The molecule has 1 aromatic carbocycles. The fourth-order valence-electron chi connectivity index (χ4n) is 9.20. The van der Waals surface area contributed by atoms with Crippen LogP contribution in [-0.4, -0.2) is 161 Å². The zero-order valence-electron chi connectivity index (χ0n) is 51.8. The number of carbonyl (C=O) groups excluding carboxylic acids is 12. The van der Waals surface area contributed by atoms with E-state index in [0.29, 0.717) is 25.7 Å². The first-order valence-corrected chi connectivity index (χ1v) is 29.8. The summed E-state index contributed by atoms with van der Waals surface area (Å²) < 4.78 is 5.71. The van der Waals surface area contributed by atoms with Crippen LogP contribution in [0.4, 0.5) is 0 Å². The number of rotatable bonds is 32. The molecule has 478 valence electrons. The first-order valence-electron chi connectivity index (χ1n) is 29.8. The van der Waals surface area contributed by atoms with Gasteiger partial charge in [0.2, 0.25) is 65.0 Å². The quantitative estimate of drug-likeness (QED) is 0.0407. The van der Waals surface area contributed by atoms with E-state index < -0.39 is 187 Å². The molecule has 1 fully saturated rings. The lowest BCUT2D eigenvalue weighted by atomic mass is 9.93. The average molecular weight is 1200 g/mol. The van der Waals surface area contributed by atoms with Gasteiger partial charge in [0.05, 0.1) is 13.2 Å². The van der Waals surface area contributed by atoms with Crippen molar-refractivity contribution in [3.05, 3.63) is 35.9 Å². The molecule has 0 spiro atoms. The summed E-state index contributed by atoms with van der Waals surface area (Å²) in [5.41, 5.74) is 6.37. The normalized spacial score (nSPS) is 21.5. The highest BCUT2D eigenvalue weighted by Crippen LogP contribution is 2.19. The van der Waals surface area contributed by atoms with Crippen LogP contribution in [0.5, 0.6) is 0 Å². The summed E-state index contributed by atoms with van der Waals surface area (Å²) in [5.74, 6) is -13.2. The van der Waals surface area contributed by atoms with Crippen molar-refractivity contribution in [1.29, 1.82) is 0 Å². The third kappa shape index (κ3) is 23.3. The molecule has 0 aliphatic carbocycles. The molecule has 2 rings (SSSR count). The number of benzene rings is 1. The predicted octanol–water partition coefficient (Wildman–Crippen LogP) is -0.451. The molecule has 14 N–H and O–H groups in total. The number of nitrogens with two attached hydrogens (primary N) is 1. The molecule has 85 heavy (non-hydrogen) atoms. The van der Waals surface area contributed by atoms with Gasteiger partial charge in [0.25, 0.3) is 0 Å². The van der Waals surface area contributed by atoms with Gasteiger partial charge in [-0.2, -0.15) is 0 Å². The Bertz CT molecular complexity index is 2430. The molecule has 0 bridgehead atoms. The van der Waals surface area contributed by atoms with Gasteiger partial charge in [-0.3, -0.25) is 52.7 Å². The van der Waals surface area contributed by atoms with E-state index in [-0.39, 0.29) is 31.1 Å². The van der Waals surface area contributed by atoms with E-state index in [1.54, 1.807) is 48.5 Å². The van der Waals surface area contributed by atoms with Crippen LogP contribution in [-0.2, 0) is 68.7 Å². The zero-order chi connectivity index (χ0) is 64.4. The summed E-state index contributed by atoms with van der Waals surface area (Å²) in [6.45, 7) is 19.8. The van der Waals surface area contributed by atoms with Gasteiger partial charge in [-0.25, -0.2) is 4.79 Å². The van der Waals surface area contributed by atoms with Crippen LogP contribution >= 0.6 is 0 Å². The molecule has 0 unspecified atom stereocenters. The molecule has 1 aromatic rings. The first-order chi connectivity index (χ1) is 40.0. The number of cyclic esters (lactones) is 1. The second-order valence-corrected chi connectivity index (χ2v) is 22.9. The van der Waals surface area contributed by atoms with Crippen LogP contribution in [0.3, 0.4) is 0 Å². The highest BCUT2D eigenvalue weighted by molar-refractivity contribution is 5.99. The molecule has 0 radical (unpaired) electrons. The van der Waals surface area contributed by atoms with Crippen molar-refractivity contribution in [3.63, 3.8) is 0 Å². The summed E-state index contributed by atoms with van der Waals surface area (Å²) in [6, 6.07) is -5.02. The number of primary amides is 1. The van der Waals surface area contributed by atoms with Crippen molar-refractivity contribution in [2.45, 2.75) is 214 Å². The molecule has 26 heteroatoms. The monoisotopic (exact) mass is 1200 g/mol. The third-order valence-electron chi connectivity index (χ3n) is 15.7. The average Bonchev–Trinajstić information content (AvgIpc) is 3.79. The Morgan fingerprint density at radius 3 is 1.51 bits per heavy atom. The van der Waals surface area contributed by atoms with Gasteiger partial charge in [-0.05, 0) is 74.7 Å². The number of aliphatic hydroxyl groups is 2. The molecule has 11 amide bonds. The van der Waals surface area contributed by atoms with Crippen molar-refractivity contribution in [2.75, 3.05) is 13.2 Å². The van der Waals surface area contributed by atoms with Crippen molar-refractivity contribution in [2.24, 2.45) is 41.2 Å². The van der Waals surface area contributed by atoms with Gasteiger partial charge in [0.15, 0.2) is 0 Å². The number of aliphatic hydroxyl groups excluding tert-OH is 2. The molecule has 1 saturated heterocycles. The molecule has 26 nitrogen and oxygen atoms in total. The van der Waals surface area contributed by atoms with Gasteiger partial charge < -0.3 is 73.9 Å². The summed E-state index contributed by atoms with van der Waals surface area (Å²) in [7, 11) is 0. The number of ether oxygens (including phenoxy) is 1. The maximum Gasteiger partial charge on any atom is 0.329 e. The van der Waals surface area contributed by atoms with E-state index in [0.717, 1.165) is 5.56 Å². The first kappa shape index (κ1) is 73.9. The van der Waals surface area contributed by atoms with Crippen LogP contribution < -0.4 is 58.9 Å². The van der Waals surface area contributed by atoms with Crippen LogP contribution in [0, 0.1) is 35.5 Å². The minimum absolute atomic E-state index is 0.0691. The lowest BCUT2D eigenvalue weighted by Crippen LogP contribution is -2.63. The smallest absolute Gasteiger partial charge is 0.329 e. The second kappa shape index (κ2) is 36.6. The Morgan fingerprint density at radius 1 is 0.565 bits per heavy atom. The number of hydrogen-bond donors (Lipinski definition) is 13. The standard InChI is InChI=1S/C59H97N11O15/c1-14-31(8)44(66-50(75)38(18-5)27-37-22-20-19-21-23-37)55(80)64-41(28-71)53(78)62-39(24-25-43(60)73)51(76)67-46(33(10)16-3)57(82)68-45(32(9)15-2)56(81)65-42(29-72)54(79)70-48-36(13)85-59(84)47(34(11)17-4)69-52(77)40(26-30(6)7)63-49(74)35(12)61-58(48)83/h19-23,30-36,38-42,44-48,71-72H,14-18,24-29H2,1-13H3,(H2,60,73)(H,61,83)(H,62,78)(H,63,74)(H,64,80)(H,65,81)(H,66,75)(H,67,76)(H,68,82)(H,69,77)(H,70,79)/t31-,32-,33+,34-,35-,36-,38+,39+,40-,41-,42-,44-,45-,46+,47-,48+/m0/s1. The molecule has 0 saturated carbocycles. The van der Waals surface area contributed by atoms with Crippen molar-refractivity contribution in [1.82, 2.24) is 53.2 Å². The fraction of sp³-hybridized carbons (Fsp3) is 0.695. The Kier molecular flexibility index (Phi) is 31.8. The lowest BCUT2D eigenvalue weighted by molar-refractivity contribution is -0.157. The van der Waals surface area contributed by atoms with Crippen LogP contribution in [0.15, 0.2) is 30.3 Å². The minimum atomic E-state index is -1.80. The van der Waals surface area contributed by atoms with Crippen molar-refractivity contribution >= 4 is 70.9 Å². The van der Waals surface area contributed by atoms with E-state index in [1.165, 1.54) is 13.8 Å². The highest BCUT2D eigenvalue weighted by atomic mass is 16.5. The van der Waals surface area contributed by atoms with Gasteiger partial charge in [-0.15, -0.1) is 0 Å². The lowest BCUT2D eigenvalue weighted by Gasteiger charge is -2.31. The fourth-order valence-corrected chi connectivity index (χ4v) is 9.20. The third-order valence-corrected chi connectivity index (χ3v) is 15.7. The second-order valence-electron chi connectivity index (χ2n) is 22.9. The largest absolute Gasteiger partial charge is 0.458 e. The van der Waals surface area contributed by atoms with Gasteiger partial charge in [0.1, 0.15) is 66.5 Å². The maximum atomic E-state index is 14.4. The van der Waals surface area contributed by atoms with E-state index in [2.05, 4.69) is 53.2 Å². The van der Waals surface area contributed by atoms with Gasteiger partial charge in [-0.1, -0.05) is 132 Å². The van der Waals surface area contributed by atoms with E-state index in [9.17, 15) is 67.7 Å². The Balaban J connectivity index is 2.40. The molecule has 1 heterocycles. The SMILES string of the molecule is CC[C@H](Cc1ccccc1)C(=O)N[C@H](C(=O)N[C@@H](CO)C(=O)N[C@H](CCC(N)=O)C(=O)N[C@@H](C(=O)N[C@H](C(=O)N[C@@H](CO)C(=O)N[C@H]1C(=O)N[C@@H](C)C(=O)N[C@@H](CC(C)C)C(=O)N[C@@H]([C@@H](C)CC)C(=O)O[C@H]1C)[C@@H](C)CC)[C@H](C)CC)[C@@H](C)CC. The van der Waals surface area contributed by atoms with Crippen molar-refractivity contribution in [3.8, 4) is 0 Å². The number of carbonyl (C=O) groups is 12. The Hall–Kier alpha value is -7.22. The predicted molar refractivity (Wildman–Crippen MR) is 314 cm³/mol. The van der Waals surface area contributed by atoms with Gasteiger partial charge in [0, 0.05) is 12.3 Å². The number of hydrogen-bond acceptors (Lipinski definition) is 15. The van der Waals surface area contributed by atoms with E-state index >= 15 is 0 Å². The molecule has 16 atom stereocenters. The molecule has 0 aromatic heterocycles. The Morgan fingerprint density at radius 2 is 1.04 bits per heavy atom. The summed E-state index contributed by atoms with van der Waals surface area (Å²) >= 11 is 0. The maximum absolute atomic E-state index is 14.4. The molecular weight excluding hydrogens is 1100 g/mol. The molecule has 1 aliphatic rings. The highest BCUT2D eigenvalue weighted by Gasteiger charge is 2.41. The molecular formula is C59H97N11O15. The number of amides is 11. The van der Waals surface area contributed by atoms with Crippen LogP contribution in [0.25, 0.3) is 0 Å². The minimum Gasteiger partial charge on any atom is -0.458 e. The van der Waals surface area contributed by atoms with E-state index in [4.69, 9.17) is 10.5 Å². The summed E-state index contributed by atoms with van der Waals surface area (Å²) in [4.78, 5) is 165. The van der Waals surface area contributed by atoms with Crippen molar-refractivity contribution < 1.29 is 72.5 Å². The number of nitrogens with one attached hydrogen (secondary N) is 10. The summed E-state index contributed by atoms with van der Waals surface area (Å²) in [6.07, 6.45) is 0.181. The van der Waals surface area contributed by atoms with Gasteiger partial charge >= 0.3 is 5.97 Å². The molecule has 1 aliphatic heterocycles. The van der Waals surface area contributed by atoms with Crippen LogP contribution in [0.1, 0.15) is 147 Å². The van der Waals surface area contributed by atoms with E-state index in [1.807, 2.05) is 58.0 Å². The number of esters is 1.